The fourth-order valence-corrected chi connectivity index (χ4v) is 4.19. The Kier molecular flexibility index (Phi) is 12.3. The highest BCUT2D eigenvalue weighted by molar-refractivity contribution is 5.94. The van der Waals surface area contributed by atoms with Gasteiger partial charge in [0.25, 0.3) is 0 Å². The van der Waals surface area contributed by atoms with Crippen LogP contribution in [0.3, 0.4) is 0 Å². The zero-order chi connectivity index (χ0) is 27.2. The van der Waals surface area contributed by atoms with E-state index in [1.54, 1.807) is 0 Å². The quantitative estimate of drug-likeness (QED) is 0.147. The van der Waals surface area contributed by atoms with Gasteiger partial charge in [-0.2, -0.15) is 0 Å². The topological polar surface area (TPSA) is 135 Å². The van der Waals surface area contributed by atoms with Crippen molar-refractivity contribution >= 4 is 11.9 Å². The maximum Gasteiger partial charge on any atom is 0.336 e. The van der Waals surface area contributed by atoms with Crippen molar-refractivity contribution < 1.29 is 39.1 Å². The molecule has 0 saturated heterocycles. The molecule has 0 amide bonds. The van der Waals surface area contributed by atoms with Crippen molar-refractivity contribution in [3.05, 3.63) is 65.2 Å². The number of hydrogen-bond donors (Lipinski definition) is 4. The van der Waals surface area contributed by atoms with Crippen LogP contribution < -0.4 is 14.8 Å². The second-order valence-corrected chi connectivity index (χ2v) is 9.14. The number of aliphatic hydroxyl groups is 2. The summed E-state index contributed by atoms with van der Waals surface area (Å²) in [6.07, 6.45) is 7.74. The Balaban J connectivity index is 1.34. The Morgan fingerprint density at radius 3 is 2.32 bits per heavy atom. The minimum Gasteiger partial charge on any atom is -0.507 e. The van der Waals surface area contributed by atoms with Gasteiger partial charge in [0.2, 0.25) is 0 Å². The lowest BCUT2D eigenvalue weighted by atomic mass is 10.0. The summed E-state index contributed by atoms with van der Waals surface area (Å²) in [5, 5.41) is 33.8. The van der Waals surface area contributed by atoms with Gasteiger partial charge in [0.15, 0.2) is 0 Å². The molecule has 2 aromatic carbocycles. The molecule has 4 N–H and O–H groups in total. The molecule has 1 atom stereocenters. The predicted octanol–water partition coefficient (Wildman–Crippen LogP) is 3.49. The second-order valence-electron chi connectivity index (χ2n) is 9.14. The molecule has 1 aliphatic heterocycles. The largest absolute Gasteiger partial charge is 0.507 e. The third kappa shape index (κ3) is 9.25. The molecule has 0 radical (unpaired) electrons. The molecule has 3 rings (SSSR count). The Morgan fingerprint density at radius 2 is 1.58 bits per heavy atom. The Morgan fingerprint density at radius 1 is 0.895 bits per heavy atom. The molecule has 0 aromatic heterocycles. The van der Waals surface area contributed by atoms with Gasteiger partial charge in [0.05, 0.1) is 23.8 Å². The van der Waals surface area contributed by atoms with Crippen LogP contribution >= 0.6 is 0 Å². The summed E-state index contributed by atoms with van der Waals surface area (Å²) < 4.78 is 16.2. The summed E-state index contributed by atoms with van der Waals surface area (Å²) in [7, 11) is 0. The van der Waals surface area contributed by atoms with Crippen LogP contribution in [0.4, 0.5) is 0 Å². The van der Waals surface area contributed by atoms with Crippen molar-refractivity contribution in [3.63, 3.8) is 0 Å². The summed E-state index contributed by atoms with van der Waals surface area (Å²) in [5.74, 6) is -2.54. The van der Waals surface area contributed by atoms with Gasteiger partial charge in [-0.05, 0) is 44.2 Å². The number of rotatable bonds is 16. The van der Waals surface area contributed by atoms with E-state index in [1.807, 2.05) is 6.07 Å². The van der Waals surface area contributed by atoms with Gasteiger partial charge in [0, 0.05) is 38.0 Å². The lowest BCUT2D eigenvalue weighted by Gasteiger charge is -2.21. The molecule has 1 aliphatic rings. The number of aryl methyl sites for hydroxylation is 1. The number of carbonyl (C=O) groups is 2. The summed E-state index contributed by atoms with van der Waals surface area (Å²) in [6, 6.07) is 11.6. The molecule has 0 saturated carbocycles. The van der Waals surface area contributed by atoms with Crippen molar-refractivity contribution in [3.8, 4) is 17.2 Å². The van der Waals surface area contributed by atoms with E-state index in [0.29, 0.717) is 6.54 Å². The molecule has 38 heavy (non-hydrogen) atoms. The molecule has 1 heterocycles. The van der Waals surface area contributed by atoms with Crippen LogP contribution in [-0.4, -0.2) is 53.6 Å². The van der Waals surface area contributed by atoms with Crippen LogP contribution in [0, 0.1) is 0 Å². The van der Waals surface area contributed by atoms with E-state index in [4.69, 9.17) is 14.2 Å². The van der Waals surface area contributed by atoms with Crippen LogP contribution in [0.5, 0.6) is 17.2 Å². The molecule has 1 unspecified atom stereocenters. The van der Waals surface area contributed by atoms with Gasteiger partial charge in [-0.25, -0.2) is 9.59 Å². The summed E-state index contributed by atoms with van der Waals surface area (Å²) in [5.41, 5.74) is 1.29. The Bertz CT molecular complexity index is 1070. The van der Waals surface area contributed by atoms with Gasteiger partial charge < -0.3 is 34.8 Å². The maximum absolute atomic E-state index is 12.0. The number of aromatic hydroxyl groups is 1. The lowest BCUT2D eigenvalue weighted by Crippen LogP contribution is -2.24. The molecule has 0 aliphatic carbocycles. The van der Waals surface area contributed by atoms with E-state index >= 15 is 0 Å². The van der Waals surface area contributed by atoms with E-state index < -0.39 is 30.4 Å². The molecule has 2 bridgehead atoms. The van der Waals surface area contributed by atoms with Crippen molar-refractivity contribution in [2.24, 2.45) is 0 Å². The standard InChI is InChI=1S/C29H37NO8/c31-20-22-23(32)18-25-28(29(22)38-27(35)14-13-26(34)37-25)24(33)19-30-15-7-1-2-8-16-36-17-9-6-12-21-10-4-3-5-11-21/h3-5,10-11,13-14,18,24,30-33H,1-2,6-9,12,15-17,19-20H2/b14-13+. The summed E-state index contributed by atoms with van der Waals surface area (Å²) >= 11 is 0. The fourth-order valence-electron chi connectivity index (χ4n) is 4.19. The fraction of sp³-hybridized carbons (Fsp3) is 0.448. The van der Waals surface area contributed by atoms with Crippen LogP contribution in [0.15, 0.2) is 48.6 Å². The number of phenols is 1. The number of unbranched alkanes of at least 4 members (excludes halogenated alkanes) is 4. The first-order valence-electron chi connectivity index (χ1n) is 13.1. The van der Waals surface area contributed by atoms with E-state index in [1.165, 1.54) is 5.56 Å². The third-order valence-corrected chi connectivity index (χ3v) is 6.20. The number of nitrogens with one attached hydrogen (secondary N) is 1. The Labute approximate surface area is 223 Å². The van der Waals surface area contributed by atoms with E-state index in [0.717, 1.165) is 76.4 Å². The minimum absolute atomic E-state index is 0.00525. The molecular formula is C29H37NO8. The van der Waals surface area contributed by atoms with Gasteiger partial charge in [-0.3, -0.25) is 0 Å². The molecule has 206 valence electrons. The van der Waals surface area contributed by atoms with Gasteiger partial charge in [-0.15, -0.1) is 0 Å². The first-order valence-corrected chi connectivity index (χ1v) is 13.1. The third-order valence-electron chi connectivity index (χ3n) is 6.20. The minimum atomic E-state index is -1.22. The number of fused-ring (bicyclic) bond motifs is 2. The van der Waals surface area contributed by atoms with Gasteiger partial charge in [0.1, 0.15) is 17.2 Å². The van der Waals surface area contributed by atoms with Crippen LogP contribution in [0.2, 0.25) is 0 Å². The number of ether oxygens (including phenoxy) is 3. The van der Waals surface area contributed by atoms with E-state index in [-0.39, 0.29) is 29.2 Å². The smallest absolute Gasteiger partial charge is 0.336 e. The van der Waals surface area contributed by atoms with Crippen LogP contribution in [0.25, 0.3) is 0 Å². The van der Waals surface area contributed by atoms with E-state index in [2.05, 4.69) is 29.6 Å². The van der Waals surface area contributed by atoms with Crippen molar-refractivity contribution in [2.45, 2.75) is 57.7 Å². The number of carbonyl (C=O) groups excluding carboxylic acids is 2. The summed E-state index contributed by atoms with van der Waals surface area (Å²) in [4.78, 5) is 24.0. The number of benzene rings is 2. The molecule has 9 nitrogen and oxygen atoms in total. The summed E-state index contributed by atoms with van der Waals surface area (Å²) in [6.45, 7) is 1.63. The number of esters is 2. The molecule has 0 fully saturated rings. The zero-order valence-corrected chi connectivity index (χ0v) is 21.6. The second kappa shape index (κ2) is 15.9. The van der Waals surface area contributed by atoms with Crippen molar-refractivity contribution in [2.75, 3.05) is 26.3 Å². The monoisotopic (exact) mass is 527 g/mol. The van der Waals surface area contributed by atoms with Crippen LogP contribution in [-0.2, 0) is 27.4 Å². The van der Waals surface area contributed by atoms with Crippen LogP contribution in [0.1, 0.15) is 61.3 Å². The normalized spacial score (nSPS) is 14.7. The van der Waals surface area contributed by atoms with Crippen molar-refractivity contribution in [1.29, 1.82) is 0 Å². The average molecular weight is 528 g/mol. The predicted molar refractivity (Wildman–Crippen MR) is 141 cm³/mol. The number of hydrogen-bond acceptors (Lipinski definition) is 9. The molecular weight excluding hydrogens is 490 g/mol. The maximum atomic E-state index is 12.0. The molecule has 9 heteroatoms. The first-order chi connectivity index (χ1) is 18.5. The highest BCUT2D eigenvalue weighted by Gasteiger charge is 2.28. The SMILES string of the molecule is O=C1/C=C/C(=O)Oc2c(CO)c(O)cc(c2C(O)CNCCCCCCOCCCCc2ccccc2)O1. The first kappa shape index (κ1) is 29.3. The van der Waals surface area contributed by atoms with Gasteiger partial charge >= 0.3 is 11.9 Å². The highest BCUT2D eigenvalue weighted by atomic mass is 16.6. The van der Waals surface area contributed by atoms with E-state index in [9.17, 15) is 24.9 Å². The van der Waals surface area contributed by atoms with Crippen molar-refractivity contribution in [1.82, 2.24) is 5.32 Å². The zero-order valence-electron chi connectivity index (χ0n) is 21.6. The highest BCUT2D eigenvalue weighted by Crippen LogP contribution is 2.43. The Hall–Kier alpha value is -3.24. The molecule has 0 spiro atoms. The lowest BCUT2D eigenvalue weighted by molar-refractivity contribution is -0.131. The number of aliphatic hydroxyl groups excluding tert-OH is 2. The molecule has 2 aromatic rings. The van der Waals surface area contributed by atoms with Gasteiger partial charge in [-0.1, -0.05) is 43.2 Å². The average Bonchev–Trinajstić information content (AvgIpc) is 2.94.